The zero-order chi connectivity index (χ0) is 31.9. The van der Waals surface area contributed by atoms with E-state index in [0.29, 0.717) is 5.02 Å². The van der Waals surface area contributed by atoms with Gasteiger partial charge in [0.05, 0.1) is 10.6 Å². The second-order valence-electron chi connectivity index (χ2n) is 10.4. The summed E-state index contributed by atoms with van der Waals surface area (Å²) >= 11 is 12.2. The van der Waals surface area contributed by atoms with Gasteiger partial charge >= 0.3 is 0 Å². The van der Waals surface area contributed by atoms with Gasteiger partial charge in [0.2, 0.25) is 11.8 Å². The number of sulfonamides is 1. The molecule has 0 aliphatic heterocycles. The van der Waals surface area contributed by atoms with Gasteiger partial charge in [0, 0.05) is 34.6 Å². The molecule has 0 fully saturated rings. The maximum Gasteiger partial charge on any atom is 0.264 e. The SMILES string of the molecule is CC(C)NC(=O)[C@@H](Cc1ccccc1)N(Cc1ccccc1F)C(=O)CN(c1cccc(Cl)c1)S(=O)(=O)c1ccc(Cl)cc1. The van der Waals surface area contributed by atoms with Gasteiger partial charge < -0.3 is 10.2 Å². The van der Waals surface area contributed by atoms with E-state index < -0.39 is 40.2 Å². The van der Waals surface area contributed by atoms with Crippen molar-refractivity contribution < 1.29 is 22.4 Å². The number of benzene rings is 4. The Morgan fingerprint density at radius 3 is 2.14 bits per heavy atom. The van der Waals surface area contributed by atoms with E-state index >= 15 is 0 Å². The van der Waals surface area contributed by atoms with Gasteiger partial charge in [-0.15, -0.1) is 0 Å². The Labute approximate surface area is 267 Å². The van der Waals surface area contributed by atoms with Crippen molar-refractivity contribution in [1.29, 1.82) is 0 Å². The number of nitrogens with zero attached hydrogens (tertiary/aromatic N) is 2. The molecule has 1 N–H and O–H groups in total. The van der Waals surface area contributed by atoms with Crippen LogP contribution in [0.4, 0.5) is 10.1 Å². The summed E-state index contributed by atoms with van der Waals surface area (Å²) in [5.41, 5.74) is 1.08. The Bertz CT molecular complexity index is 1700. The fourth-order valence-electron chi connectivity index (χ4n) is 4.64. The maximum absolute atomic E-state index is 15.0. The van der Waals surface area contributed by atoms with Crippen molar-refractivity contribution in [3.63, 3.8) is 0 Å². The molecule has 4 aromatic rings. The molecule has 44 heavy (non-hydrogen) atoms. The third-order valence-electron chi connectivity index (χ3n) is 6.78. The summed E-state index contributed by atoms with van der Waals surface area (Å²) in [6, 6.07) is 25.3. The van der Waals surface area contributed by atoms with Crippen molar-refractivity contribution in [3.8, 4) is 0 Å². The first kappa shape index (κ1) is 33.0. The van der Waals surface area contributed by atoms with Crippen LogP contribution >= 0.6 is 23.2 Å². The van der Waals surface area contributed by atoms with Crippen LogP contribution in [0.15, 0.2) is 108 Å². The third-order valence-corrected chi connectivity index (χ3v) is 9.05. The predicted molar refractivity (Wildman–Crippen MR) is 172 cm³/mol. The first-order valence-electron chi connectivity index (χ1n) is 13.9. The average molecular weight is 657 g/mol. The number of hydrogen-bond acceptors (Lipinski definition) is 4. The number of carbonyl (C=O) groups is 2. The van der Waals surface area contributed by atoms with E-state index in [0.717, 1.165) is 9.87 Å². The van der Waals surface area contributed by atoms with Crippen LogP contribution in [0.1, 0.15) is 25.0 Å². The molecule has 0 bridgehead atoms. The molecule has 0 saturated heterocycles. The average Bonchev–Trinajstić information content (AvgIpc) is 2.98. The van der Waals surface area contributed by atoms with E-state index in [1.165, 1.54) is 59.5 Å². The largest absolute Gasteiger partial charge is 0.352 e. The monoisotopic (exact) mass is 655 g/mol. The molecule has 230 valence electrons. The van der Waals surface area contributed by atoms with Crippen molar-refractivity contribution in [2.24, 2.45) is 0 Å². The number of amides is 2. The number of carbonyl (C=O) groups excluding carboxylic acids is 2. The fourth-order valence-corrected chi connectivity index (χ4v) is 6.36. The quantitative estimate of drug-likeness (QED) is 0.189. The van der Waals surface area contributed by atoms with Crippen molar-refractivity contribution in [1.82, 2.24) is 10.2 Å². The highest BCUT2D eigenvalue weighted by Crippen LogP contribution is 2.28. The number of hydrogen-bond donors (Lipinski definition) is 1. The summed E-state index contributed by atoms with van der Waals surface area (Å²) in [6.45, 7) is 2.61. The lowest BCUT2D eigenvalue weighted by Crippen LogP contribution is -2.54. The lowest BCUT2D eigenvalue weighted by Gasteiger charge is -2.34. The molecule has 0 heterocycles. The molecule has 0 unspecified atom stereocenters. The summed E-state index contributed by atoms with van der Waals surface area (Å²) < 4.78 is 43.9. The molecule has 4 aromatic carbocycles. The lowest BCUT2D eigenvalue weighted by atomic mass is 10.0. The van der Waals surface area contributed by atoms with Crippen molar-refractivity contribution >= 4 is 50.7 Å². The van der Waals surface area contributed by atoms with Gasteiger partial charge in [0.25, 0.3) is 10.0 Å². The summed E-state index contributed by atoms with van der Waals surface area (Å²) in [6.07, 6.45) is 0.112. The molecule has 4 rings (SSSR count). The van der Waals surface area contributed by atoms with Gasteiger partial charge in [-0.05, 0) is 67.9 Å². The Morgan fingerprint density at radius 1 is 0.841 bits per heavy atom. The van der Waals surface area contributed by atoms with Gasteiger partial charge in [0.15, 0.2) is 0 Å². The lowest BCUT2D eigenvalue weighted by molar-refractivity contribution is -0.140. The van der Waals surface area contributed by atoms with Gasteiger partial charge in [-0.2, -0.15) is 0 Å². The van der Waals surface area contributed by atoms with Crippen molar-refractivity contribution in [2.45, 2.75) is 43.8 Å². The normalized spacial score (nSPS) is 12.0. The molecule has 11 heteroatoms. The molecular formula is C33H32Cl2FN3O4S. The zero-order valence-electron chi connectivity index (χ0n) is 24.2. The Kier molecular flexibility index (Phi) is 11.0. The molecule has 0 aliphatic rings. The van der Waals surface area contributed by atoms with E-state index in [1.807, 2.05) is 30.3 Å². The highest BCUT2D eigenvalue weighted by atomic mass is 35.5. The van der Waals surface area contributed by atoms with Gasteiger partial charge in [-0.3, -0.25) is 13.9 Å². The highest BCUT2D eigenvalue weighted by molar-refractivity contribution is 7.92. The summed E-state index contributed by atoms with van der Waals surface area (Å²) in [4.78, 5) is 29.1. The first-order valence-corrected chi connectivity index (χ1v) is 16.1. The van der Waals surface area contributed by atoms with E-state index in [9.17, 15) is 22.4 Å². The van der Waals surface area contributed by atoms with E-state index in [-0.39, 0.29) is 40.2 Å². The molecule has 0 spiro atoms. The molecule has 2 amide bonds. The molecule has 0 aliphatic carbocycles. The number of rotatable bonds is 12. The summed E-state index contributed by atoms with van der Waals surface area (Å²) in [7, 11) is -4.33. The van der Waals surface area contributed by atoms with Gasteiger partial charge in [-0.1, -0.05) is 77.8 Å². The second-order valence-corrected chi connectivity index (χ2v) is 13.2. The highest BCUT2D eigenvalue weighted by Gasteiger charge is 2.35. The van der Waals surface area contributed by atoms with Gasteiger partial charge in [-0.25, -0.2) is 12.8 Å². The standard InChI is InChI=1S/C33H32Cl2FN3O4S/c1-23(2)37-33(41)31(19-24-9-4-3-5-10-24)38(21-25-11-6-7-14-30(25)36)32(40)22-39(28-13-8-12-27(35)20-28)44(42,43)29-17-15-26(34)16-18-29/h3-18,20,23,31H,19,21-22H2,1-2H3,(H,37,41)/t31-/m1/s1. The van der Waals surface area contributed by atoms with Crippen LogP contribution in [0.3, 0.4) is 0 Å². The number of halogens is 3. The maximum atomic E-state index is 15.0. The van der Waals surface area contributed by atoms with Crippen LogP contribution in [0, 0.1) is 5.82 Å². The van der Waals surface area contributed by atoms with E-state index in [4.69, 9.17) is 23.2 Å². The van der Waals surface area contributed by atoms with Gasteiger partial charge in [0.1, 0.15) is 18.4 Å². The Hall–Kier alpha value is -3.92. The topological polar surface area (TPSA) is 86.8 Å². The molecule has 0 aromatic heterocycles. The molecular weight excluding hydrogens is 624 g/mol. The minimum atomic E-state index is -4.33. The smallest absolute Gasteiger partial charge is 0.264 e. The van der Waals surface area contributed by atoms with E-state index in [1.54, 1.807) is 32.0 Å². The first-order chi connectivity index (χ1) is 21.0. The number of nitrogens with one attached hydrogen (secondary N) is 1. The van der Waals surface area contributed by atoms with Crippen molar-refractivity contribution in [3.05, 3.63) is 130 Å². The van der Waals surface area contributed by atoms with Crippen molar-refractivity contribution in [2.75, 3.05) is 10.8 Å². The zero-order valence-corrected chi connectivity index (χ0v) is 26.5. The predicted octanol–water partition coefficient (Wildman–Crippen LogP) is 6.49. The minimum Gasteiger partial charge on any atom is -0.352 e. The van der Waals surface area contributed by atoms with Crippen LogP contribution in [0.25, 0.3) is 0 Å². The fraction of sp³-hybridized carbons (Fsp3) is 0.212. The molecule has 0 radical (unpaired) electrons. The number of anilines is 1. The summed E-state index contributed by atoms with van der Waals surface area (Å²) in [5, 5.41) is 3.46. The van der Waals surface area contributed by atoms with E-state index in [2.05, 4.69) is 5.32 Å². The molecule has 7 nitrogen and oxygen atoms in total. The van der Waals surface area contributed by atoms with Crippen LogP contribution in [0.5, 0.6) is 0 Å². The molecule has 0 saturated carbocycles. The minimum absolute atomic E-state index is 0.103. The van der Waals surface area contributed by atoms with Crippen LogP contribution in [0.2, 0.25) is 10.0 Å². The third kappa shape index (κ3) is 8.37. The Balaban J connectivity index is 1.82. The Morgan fingerprint density at radius 2 is 1.50 bits per heavy atom. The van der Waals surface area contributed by atoms with Crippen LogP contribution < -0.4 is 9.62 Å². The van der Waals surface area contributed by atoms with Crippen LogP contribution in [-0.4, -0.2) is 43.8 Å². The second kappa shape index (κ2) is 14.7. The molecule has 1 atom stereocenters. The summed E-state index contributed by atoms with van der Waals surface area (Å²) in [5.74, 6) is -1.73. The van der Waals surface area contributed by atoms with Crippen LogP contribution in [-0.2, 0) is 32.6 Å².